The van der Waals surface area contributed by atoms with E-state index in [9.17, 15) is 19.3 Å². The van der Waals surface area contributed by atoms with Gasteiger partial charge in [-0.15, -0.1) is 6.58 Å². The highest BCUT2D eigenvalue weighted by Gasteiger charge is 2.42. The van der Waals surface area contributed by atoms with Crippen molar-refractivity contribution in [2.45, 2.75) is 19.8 Å². The third-order valence-corrected chi connectivity index (χ3v) is 5.07. The number of carboxylic acids is 1. The predicted octanol–water partition coefficient (Wildman–Crippen LogP) is 3.02. The lowest BCUT2D eigenvalue weighted by atomic mass is 10.3. The first-order chi connectivity index (χ1) is 9.17. The van der Waals surface area contributed by atoms with E-state index < -0.39 is 34.4 Å². The Morgan fingerprint density at radius 2 is 2.05 bits per heavy atom. The van der Waals surface area contributed by atoms with Gasteiger partial charge in [-0.2, -0.15) is 0 Å². The van der Waals surface area contributed by atoms with Gasteiger partial charge in [-0.05, 0) is 40.7 Å². The fraction of sp³-hybridized carbons (Fsp3) is 0.636. The third kappa shape index (κ3) is 7.70. The Labute approximate surface area is 132 Å². The molecule has 0 fully saturated rings. The quantitative estimate of drug-likeness (QED) is 0.358. The second-order valence-electron chi connectivity index (χ2n) is 4.33. The molecule has 0 aliphatic carbocycles. The number of nitrogens with zero attached hydrogens (tertiary/aromatic N) is 1. The minimum absolute atomic E-state index is 0.205. The number of amides is 1. The molecule has 0 radical (unpaired) electrons. The summed E-state index contributed by atoms with van der Waals surface area (Å²) in [4.78, 5) is 23.3. The van der Waals surface area contributed by atoms with Crippen molar-refractivity contribution in [3.63, 3.8) is 0 Å². The van der Waals surface area contributed by atoms with Crippen molar-refractivity contribution in [3.8, 4) is 0 Å². The molecule has 5 nitrogen and oxygen atoms in total. The van der Waals surface area contributed by atoms with Gasteiger partial charge in [0.2, 0.25) is 0 Å². The molecular weight excluding hydrogens is 344 g/mol. The monoisotopic (exact) mass is 361 g/mol. The maximum absolute atomic E-state index is 12.3. The Bertz CT molecular complexity index is 415. The van der Waals surface area contributed by atoms with Gasteiger partial charge in [-0.25, -0.2) is 9.28 Å². The molecule has 0 aliphatic heterocycles. The number of carboxylic acid groups (broad SMARTS) is 1. The van der Waals surface area contributed by atoms with Crippen molar-refractivity contribution in [2.24, 2.45) is 0 Å². The summed E-state index contributed by atoms with van der Waals surface area (Å²) >= 11 is 12.0. The molecule has 0 aromatic carbocycles. The molecule has 0 saturated carbocycles. The van der Waals surface area contributed by atoms with Crippen LogP contribution in [0.2, 0.25) is 0 Å². The van der Waals surface area contributed by atoms with Crippen molar-refractivity contribution in [1.82, 2.24) is 0 Å². The number of halogens is 2. The van der Waals surface area contributed by atoms with Gasteiger partial charge in [-0.3, -0.25) is 4.57 Å². The fourth-order valence-electron chi connectivity index (χ4n) is 1.70. The molecule has 0 spiro atoms. The van der Waals surface area contributed by atoms with Crippen LogP contribution in [0.1, 0.15) is 19.8 Å². The molecule has 1 unspecified atom stereocenters. The lowest BCUT2D eigenvalue weighted by Crippen LogP contribution is -2.57. The summed E-state index contributed by atoms with van der Waals surface area (Å²) in [6, 6.07) is 0. The number of unbranched alkanes of at least 4 members (excludes halogenated alkanes) is 1. The molecule has 1 amide bonds. The first kappa shape index (κ1) is 20.0. The summed E-state index contributed by atoms with van der Waals surface area (Å²) in [5, 5.41) is 10.5. The van der Waals surface area contributed by atoms with E-state index in [4.69, 9.17) is 22.5 Å². The van der Waals surface area contributed by atoms with Crippen LogP contribution < -0.4 is 5.11 Å². The summed E-state index contributed by atoms with van der Waals surface area (Å²) in [6.07, 6.45) is 2.45. The van der Waals surface area contributed by atoms with E-state index in [1.165, 1.54) is 6.08 Å². The van der Waals surface area contributed by atoms with Crippen molar-refractivity contribution in [3.05, 3.63) is 12.7 Å². The van der Waals surface area contributed by atoms with Gasteiger partial charge in [-0.1, -0.05) is 19.4 Å². The Morgan fingerprint density at radius 1 is 1.45 bits per heavy atom. The molecule has 0 N–H and O–H groups in total. The van der Waals surface area contributed by atoms with Crippen LogP contribution in [0.3, 0.4) is 0 Å². The highest BCUT2D eigenvalue weighted by Crippen LogP contribution is 2.58. The van der Waals surface area contributed by atoms with Gasteiger partial charge < -0.3 is 9.90 Å². The first-order valence-electron chi connectivity index (χ1n) is 5.99. The van der Waals surface area contributed by atoms with E-state index in [1.807, 2.05) is 6.92 Å². The second kappa shape index (κ2) is 9.11. The van der Waals surface area contributed by atoms with Crippen LogP contribution in [0, 0.1) is 0 Å². The van der Waals surface area contributed by atoms with E-state index in [0.29, 0.717) is 12.2 Å². The molecule has 9 heteroatoms. The second-order valence-corrected chi connectivity index (χ2v) is 10.5. The predicted molar refractivity (Wildman–Crippen MR) is 82.1 cm³/mol. The molecule has 0 aromatic rings. The Kier molecular flexibility index (Phi) is 9.11. The third-order valence-electron chi connectivity index (χ3n) is 2.52. The van der Waals surface area contributed by atoms with E-state index in [0.717, 1.165) is 18.2 Å². The number of quaternary nitrogens is 1. The average molecular weight is 362 g/mol. The highest BCUT2D eigenvalue weighted by molar-refractivity contribution is 8.13. The van der Waals surface area contributed by atoms with Crippen LogP contribution in [0.25, 0.3) is 0 Å². The van der Waals surface area contributed by atoms with Crippen LogP contribution in [0.5, 0.6) is 0 Å². The summed E-state index contributed by atoms with van der Waals surface area (Å²) in [5.41, 5.74) is 0. The van der Waals surface area contributed by atoms with Crippen LogP contribution in [-0.4, -0.2) is 40.8 Å². The zero-order chi connectivity index (χ0) is 15.8. The number of carbonyl (C=O) groups is 2. The van der Waals surface area contributed by atoms with Crippen LogP contribution in [0.4, 0.5) is 4.79 Å². The minimum atomic E-state index is -3.60. The van der Waals surface area contributed by atoms with Crippen molar-refractivity contribution >= 4 is 51.3 Å². The summed E-state index contributed by atoms with van der Waals surface area (Å²) in [6.45, 7) is 5.01. The molecule has 0 aromatic heterocycles. The normalized spacial score (nSPS) is 14.6. The van der Waals surface area contributed by atoms with E-state index in [-0.39, 0.29) is 6.54 Å². The largest absolute Gasteiger partial charge is 0.544 e. The molecule has 20 heavy (non-hydrogen) atoms. The average Bonchev–Trinajstić information content (AvgIpc) is 2.30. The van der Waals surface area contributed by atoms with Gasteiger partial charge in [0.05, 0.1) is 12.5 Å². The first-order valence-corrected chi connectivity index (χ1v) is 10.7. The molecule has 1 atom stereocenters. The molecule has 0 aliphatic rings. The zero-order valence-electron chi connectivity index (χ0n) is 11.2. The molecule has 0 bridgehead atoms. The smallest absolute Gasteiger partial charge is 0.376 e. The molecular formula is C11H18Cl2NO4PS. The Hall–Kier alpha value is -0.000000000000000111. The zero-order valence-corrected chi connectivity index (χ0v) is 14.4. The summed E-state index contributed by atoms with van der Waals surface area (Å²) in [7, 11) is 0. The molecule has 0 rings (SSSR count). The number of thioether (sulfide) groups is 1. The number of aliphatic carboxylic acids is 1. The lowest BCUT2D eigenvalue weighted by molar-refractivity contribution is -0.826. The van der Waals surface area contributed by atoms with E-state index >= 15 is 0 Å². The standard InChI is InChI=1S/C11H18Cl2NO4PS/c1-3-5-6-14(8-10(15)16,9-19(12,13)18)11(17)20-7-4-2/h4H,2-3,5-9H2,1H3. The van der Waals surface area contributed by atoms with Gasteiger partial charge in [0.25, 0.3) is 0 Å². The van der Waals surface area contributed by atoms with E-state index in [1.54, 1.807) is 0 Å². The minimum Gasteiger partial charge on any atom is -0.544 e. The van der Waals surface area contributed by atoms with Crippen molar-refractivity contribution in [1.29, 1.82) is 0 Å². The SMILES string of the molecule is C=CCSC(=O)[N+](CCCC)(CC(=O)[O-])CP(=O)(Cl)Cl. The van der Waals surface area contributed by atoms with Gasteiger partial charge >= 0.3 is 11.1 Å². The highest BCUT2D eigenvalue weighted by atomic mass is 35.9. The number of rotatable bonds is 9. The Morgan fingerprint density at radius 3 is 2.45 bits per heavy atom. The van der Waals surface area contributed by atoms with E-state index in [2.05, 4.69) is 6.58 Å². The lowest BCUT2D eigenvalue weighted by Gasteiger charge is -2.35. The maximum atomic E-state index is 12.3. The van der Waals surface area contributed by atoms with Crippen LogP contribution >= 0.6 is 40.1 Å². The van der Waals surface area contributed by atoms with Crippen LogP contribution in [0.15, 0.2) is 12.7 Å². The number of carbonyl (C=O) groups excluding carboxylic acids is 2. The number of hydrogen-bond donors (Lipinski definition) is 0. The van der Waals surface area contributed by atoms with Gasteiger partial charge in [0.15, 0.2) is 6.29 Å². The Balaban J connectivity index is 5.38. The van der Waals surface area contributed by atoms with Gasteiger partial charge in [0.1, 0.15) is 6.54 Å². The van der Waals surface area contributed by atoms with Gasteiger partial charge in [0, 0.05) is 5.75 Å². The molecule has 116 valence electrons. The van der Waals surface area contributed by atoms with Crippen LogP contribution in [-0.2, 0) is 9.36 Å². The number of hydrogen-bond acceptors (Lipinski definition) is 5. The topological polar surface area (TPSA) is 74.3 Å². The van der Waals surface area contributed by atoms with Crippen molar-refractivity contribution < 1.29 is 23.7 Å². The van der Waals surface area contributed by atoms with Crippen molar-refractivity contribution in [2.75, 3.05) is 25.1 Å². The summed E-state index contributed by atoms with van der Waals surface area (Å²) < 4.78 is 11.1. The summed E-state index contributed by atoms with van der Waals surface area (Å²) in [5.74, 6) is -4.68. The molecule has 0 heterocycles. The molecule has 0 saturated heterocycles. The fourth-order valence-corrected chi connectivity index (χ4v) is 4.78. The maximum Gasteiger partial charge on any atom is 0.376 e.